The molecule has 0 saturated carbocycles. The third-order valence-electron chi connectivity index (χ3n) is 6.30. The van der Waals surface area contributed by atoms with Crippen molar-refractivity contribution >= 4 is 15.7 Å². The van der Waals surface area contributed by atoms with Crippen molar-refractivity contribution in [2.45, 2.75) is 30.3 Å². The van der Waals surface area contributed by atoms with Crippen LogP contribution in [0.3, 0.4) is 0 Å². The Morgan fingerprint density at radius 1 is 0.938 bits per heavy atom. The van der Waals surface area contributed by atoms with E-state index in [0.717, 1.165) is 37.3 Å². The minimum absolute atomic E-state index is 0.0701. The van der Waals surface area contributed by atoms with E-state index < -0.39 is 10.0 Å². The summed E-state index contributed by atoms with van der Waals surface area (Å²) in [4.78, 5) is 15.6. The fourth-order valence-electron chi connectivity index (χ4n) is 4.90. The van der Waals surface area contributed by atoms with Gasteiger partial charge in [-0.25, -0.2) is 12.8 Å². The molecule has 1 fully saturated rings. The number of hydrogen-bond acceptors (Lipinski definition) is 4. The third kappa shape index (κ3) is 4.08. The van der Waals surface area contributed by atoms with E-state index >= 15 is 0 Å². The Hall–Kier alpha value is -2.97. The standard InChI is InChI=1S/C24H24FN3O3S/c25-20-8-6-17(7-9-20)13-27-14-18-12-19(16-27)23-11-10-22(24(29)28(23)15-18)26-32(30,31)21-4-2-1-3-5-21/h1-11,18-19,26H,12-16H2/t18-,19-/m1/s1. The average molecular weight is 454 g/mol. The lowest BCUT2D eigenvalue weighted by atomic mass is 9.83. The second-order valence-corrected chi connectivity index (χ2v) is 10.3. The molecule has 0 aliphatic carbocycles. The number of nitrogens with zero attached hydrogens (tertiary/aromatic N) is 2. The summed E-state index contributed by atoms with van der Waals surface area (Å²) in [5, 5.41) is 0. The van der Waals surface area contributed by atoms with Crippen LogP contribution in [0.2, 0.25) is 0 Å². The molecule has 2 aliphatic rings. The van der Waals surface area contributed by atoms with Gasteiger partial charge in [-0.3, -0.25) is 14.4 Å². The van der Waals surface area contributed by atoms with Crippen LogP contribution in [0, 0.1) is 11.7 Å². The highest BCUT2D eigenvalue weighted by molar-refractivity contribution is 7.92. The molecule has 8 heteroatoms. The van der Waals surface area contributed by atoms with Gasteiger partial charge in [0, 0.05) is 37.8 Å². The maximum atomic E-state index is 13.2. The first-order valence-electron chi connectivity index (χ1n) is 10.7. The van der Waals surface area contributed by atoms with Crippen LogP contribution in [0.1, 0.15) is 23.6 Å². The molecule has 0 unspecified atom stereocenters. The molecule has 0 spiro atoms. The number of sulfonamides is 1. The minimum atomic E-state index is -3.83. The zero-order valence-corrected chi connectivity index (χ0v) is 18.3. The number of hydrogen-bond donors (Lipinski definition) is 1. The molecule has 2 aliphatic heterocycles. The quantitative estimate of drug-likeness (QED) is 0.643. The van der Waals surface area contributed by atoms with Crippen molar-refractivity contribution in [2.24, 2.45) is 5.92 Å². The van der Waals surface area contributed by atoms with Crippen molar-refractivity contribution in [3.05, 3.63) is 94.2 Å². The molecular formula is C24H24FN3O3S. The Kier molecular flexibility index (Phi) is 5.35. The van der Waals surface area contributed by atoms with Crippen LogP contribution in [-0.2, 0) is 23.1 Å². The zero-order chi connectivity index (χ0) is 22.3. The largest absolute Gasteiger partial charge is 0.310 e. The normalized spacial score (nSPS) is 20.5. The molecule has 1 N–H and O–H groups in total. The number of aromatic nitrogens is 1. The lowest BCUT2D eigenvalue weighted by Crippen LogP contribution is -2.47. The summed E-state index contributed by atoms with van der Waals surface area (Å²) in [5.74, 6) is 0.270. The van der Waals surface area contributed by atoms with E-state index in [2.05, 4.69) is 9.62 Å². The number of pyridine rings is 1. The topological polar surface area (TPSA) is 71.4 Å². The van der Waals surface area contributed by atoms with Gasteiger partial charge in [0.25, 0.3) is 15.6 Å². The highest BCUT2D eigenvalue weighted by atomic mass is 32.2. The van der Waals surface area contributed by atoms with Gasteiger partial charge in [-0.1, -0.05) is 30.3 Å². The predicted molar refractivity (Wildman–Crippen MR) is 120 cm³/mol. The molecule has 32 heavy (non-hydrogen) atoms. The Morgan fingerprint density at radius 3 is 2.44 bits per heavy atom. The van der Waals surface area contributed by atoms with Crippen LogP contribution < -0.4 is 10.3 Å². The van der Waals surface area contributed by atoms with Gasteiger partial charge in [0.05, 0.1) is 4.90 Å². The number of likely N-dealkylation sites (tertiary alicyclic amines) is 1. The molecular weight excluding hydrogens is 429 g/mol. The number of rotatable bonds is 5. The predicted octanol–water partition coefficient (Wildman–Crippen LogP) is 3.41. The molecule has 5 rings (SSSR count). The molecule has 2 atom stereocenters. The second kappa shape index (κ2) is 8.18. The Balaban J connectivity index is 1.37. The van der Waals surface area contributed by atoms with E-state index in [-0.39, 0.29) is 27.9 Å². The first-order valence-corrected chi connectivity index (χ1v) is 12.2. The summed E-state index contributed by atoms with van der Waals surface area (Å²) in [6.45, 7) is 2.96. The lowest BCUT2D eigenvalue weighted by Gasteiger charge is -2.43. The van der Waals surface area contributed by atoms with Crippen LogP contribution in [0.15, 0.2) is 76.4 Å². The van der Waals surface area contributed by atoms with Gasteiger partial charge in [0.2, 0.25) is 0 Å². The monoisotopic (exact) mass is 453 g/mol. The minimum Gasteiger partial charge on any atom is -0.310 e. The van der Waals surface area contributed by atoms with Crippen molar-refractivity contribution in [3.8, 4) is 0 Å². The van der Waals surface area contributed by atoms with Crippen LogP contribution in [-0.4, -0.2) is 31.0 Å². The molecule has 6 nitrogen and oxygen atoms in total. The average Bonchev–Trinajstić information content (AvgIpc) is 2.78. The molecule has 1 saturated heterocycles. The summed E-state index contributed by atoms with van der Waals surface area (Å²) in [6, 6.07) is 18.1. The highest BCUT2D eigenvalue weighted by Gasteiger charge is 2.35. The SMILES string of the molecule is O=c1c(NS(=O)(=O)c2ccccc2)ccc2n1C[C@@H]1C[C@@H]2CN(Cc2ccc(F)cc2)C1. The fourth-order valence-corrected chi connectivity index (χ4v) is 5.98. The number of benzene rings is 2. The Morgan fingerprint density at radius 2 is 1.69 bits per heavy atom. The Bertz CT molecular complexity index is 1290. The second-order valence-electron chi connectivity index (χ2n) is 8.63. The van der Waals surface area contributed by atoms with Gasteiger partial charge < -0.3 is 4.57 Å². The first-order chi connectivity index (χ1) is 15.4. The maximum absolute atomic E-state index is 13.2. The van der Waals surface area contributed by atoms with E-state index in [0.29, 0.717) is 12.5 Å². The van der Waals surface area contributed by atoms with E-state index in [1.807, 2.05) is 18.2 Å². The molecule has 0 amide bonds. The van der Waals surface area contributed by atoms with Crippen LogP contribution in [0.4, 0.5) is 10.1 Å². The van der Waals surface area contributed by atoms with Gasteiger partial charge in [-0.05, 0) is 54.3 Å². The molecule has 2 bridgehead atoms. The molecule has 1 aromatic heterocycles. The molecule has 2 aromatic carbocycles. The maximum Gasteiger partial charge on any atom is 0.275 e. The van der Waals surface area contributed by atoms with E-state index in [1.165, 1.54) is 24.3 Å². The van der Waals surface area contributed by atoms with Crippen molar-refractivity contribution in [2.75, 3.05) is 17.8 Å². The van der Waals surface area contributed by atoms with Crippen LogP contribution >= 0.6 is 0 Å². The van der Waals surface area contributed by atoms with Crippen molar-refractivity contribution in [3.63, 3.8) is 0 Å². The van der Waals surface area contributed by atoms with Gasteiger partial charge >= 0.3 is 0 Å². The van der Waals surface area contributed by atoms with Crippen molar-refractivity contribution < 1.29 is 12.8 Å². The van der Waals surface area contributed by atoms with E-state index in [1.54, 1.807) is 28.8 Å². The number of piperidine rings is 1. The van der Waals surface area contributed by atoms with Crippen LogP contribution in [0.5, 0.6) is 0 Å². The molecule has 3 heterocycles. The molecule has 166 valence electrons. The van der Waals surface area contributed by atoms with E-state index in [9.17, 15) is 17.6 Å². The van der Waals surface area contributed by atoms with Crippen LogP contribution in [0.25, 0.3) is 0 Å². The van der Waals surface area contributed by atoms with Crippen molar-refractivity contribution in [1.82, 2.24) is 9.47 Å². The Labute approximate surface area is 186 Å². The summed E-state index contributed by atoms with van der Waals surface area (Å²) in [5.41, 5.74) is 1.77. The molecule has 3 aromatic rings. The van der Waals surface area contributed by atoms with E-state index in [4.69, 9.17) is 0 Å². The summed E-state index contributed by atoms with van der Waals surface area (Å²) >= 11 is 0. The zero-order valence-electron chi connectivity index (χ0n) is 17.4. The van der Waals surface area contributed by atoms with Gasteiger partial charge in [0.1, 0.15) is 11.5 Å². The summed E-state index contributed by atoms with van der Waals surface area (Å²) in [7, 11) is -3.83. The van der Waals surface area contributed by atoms with Gasteiger partial charge in [0.15, 0.2) is 0 Å². The summed E-state index contributed by atoms with van der Waals surface area (Å²) in [6.07, 6.45) is 1.01. The number of anilines is 1. The van der Waals surface area contributed by atoms with Gasteiger partial charge in [-0.15, -0.1) is 0 Å². The number of nitrogens with one attached hydrogen (secondary N) is 1. The van der Waals surface area contributed by atoms with Crippen molar-refractivity contribution in [1.29, 1.82) is 0 Å². The van der Waals surface area contributed by atoms with Gasteiger partial charge in [-0.2, -0.15) is 0 Å². The first kappa shape index (κ1) is 20.9. The number of halogens is 1. The third-order valence-corrected chi connectivity index (χ3v) is 7.68. The lowest BCUT2D eigenvalue weighted by molar-refractivity contribution is 0.114. The number of fused-ring (bicyclic) bond motifs is 4. The molecule has 0 radical (unpaired) electrons. The smallest absolute Gasteiger partial charge is 0.275 e. The summed E-state index contributed by atoms with van der Waals surface area (Å²) < 4.78 is 42.7. The highest BCUT2D eigenvalue weighted by Crippen LogP contribution is 2.36. The fraction of sp³-hybridized carbons (Fsp3) is 0.292.